The summed E-state index contributed by atoms with van der Waals surface area (Å²) in [6.45, 7) is 0.136. The number of halogens is 2. The number of hydrogen-bond donors (Lipinski definition) is 1. The topological polar surface area (TPSA) is 29.5 Å². The van der Waals surface area contributed by atoms with Gasteiger partial charge in [-0.25, -0.2) is 4.39 Å². The first-order valence-electron chi connectivity index (χ1n) is 6.46. The van der Waals surface area contributed by atoms with Crippen LogP contribution in [-0.4, -0.2) is 11.7 Å². The maximum Gasteiger partial charge on any atom is 0.148 e. The Bertz CT molecular complexity index is 674. The van der Waals surface area contributed by atoms with Crippen molar-refractivity contribution < 1.29 is 14.2 Å². The lowest BCUT2D eigenvalue weighted by Gasteiger charge is -2.08. The van der Waals surface area contributed by atoms with E-state index in [4.69, 9.17) is 21.4 Å². The molecule has 0 radical (unpaired) electrons. The van der Waals surface area contributed by atoms with Gasteiger partial charge in [0.05, 0.1) is 11.6 Å². The number of hydrogen-bond acceptors (Lipinski definition) is 2. The molecule has 0 bridgehead atoms. The van der Waals surface area contributed by atoms with Crippen LogP contribution in [-0.2, 0) is 6.61 Å². The van der Waals surface area contributed by atoms with Gasteiger partial charge in [-0.1, -0.05) is 41.6 Å². The van der Waals surface area contributed by atoms with Crippen LogP contribution in [0, 0.1) is 17.7 Å². The first-order chi connectivity index (χ1) is 10.2. The van der Waals surface area contributed by atoms with Crippen molar-refractivity contribution in [2.24, 2.45) is 0 Å². The Hall–Kier alpha value is -2.02. The molecule has 0 unspecified atom stereocenters. The second kappa shape index (κ2) is 7.68. The third-order valence-electron chi connectivity index (χ3n) is 2.73. The van der Waals surface area contributed by atoms with Crippen LogP contribution >= 0.6 is 11.6 Å². The Morgan fingerprint density at radius 1 is 1.19 bits per heavy atom. The molecule has 0 amide bonds. The van der Waals surface area contributed by atoms with Crippen molar-refractivity contribution in [2.45, 2.75) is 13.0 Å². The lowest BCUT2D eigenvalue weighted by Crippen LogP contribution is -1.99. The maximum absolute atomic E-state index is 13.7. The second-order valence-corrected chi connectivity index (χ2v) is 4.71. The van der Waals surface area contributed by atoms with Gasteiger partial charge < -0.3 is 9.84 Å². The Labute approximate surface area is 128 Å². The molecular weight excluding hydrogens is 291 g/mol. The molecule has 0 saturated carbocycles. The third-order valence-corrected chi connectivity index (χ3v) is 3.02. The van der Waals surface area contributed by atoms with Crippen LogP contribution in [0.5, 0.6) is 5.75 Å². The minimum absolute atomic E-state index is 0.0389. The fourth-order valence-corrected chi connectivity index (χ4v) is 1.90. The van der Waals surface area contributed by atoms with Crippen molar-refractivity contribution in [3.8, 4) is 17.6 Å². The van der Waals surface area contributed by atoms with Gasteiger partial charge in [0.1, 0.15) is 18.2 Å². The highest BCUT2D eigenvalue weighted by Gasteiger charge is 2.06. The number of rotatable bonds is 4. The van der Waals surface area contributed by atoms with Gasteiger partial charge in [0.25, 0.3) is 0 Å². The molecule has 0 atom stereocenters. The van der Waals surface area contributed by atoms with E-state index in [0.29, 0.717) is 17.7 Å². The minimum atomic E-state index is -0.460. The highest BCUT2D eigenvalue weighted by atomic mass is 35.5. The van der Waals surface area contributed by atoms with Gasteiger partial charge in [0.15, 0.2) is 0 Å². The van der Waals surface area contributed by atoms with Crippen LogP contribution < -0.4 is 4.74 Å². The van der Waals surface area contributed by atoms with Gasteiger partial charge in [-0.15, -0.1) is 0 Å². The Morgan fingerprint density at radius 3 is 2.81 bits per heavy atom. The summed E-state index contributed by atoms with van der Waals surface area (Å²) in [5.74, 6) is 5.90. The molecule has 0 aliphatic heterocycles. The molecule has 4 heteroatoms. The molecule has 0 saturated heterocycles. The average Bonchev–Trinajstić information content (AvgIpc) is 2.50. The van der Waals surface area contributed by atoms with Crippen molar-refractivity contribution in [2.75, 3.05) is 6.61 Å². The molecule has 2 nitrogen and oxygen atoms in total. The summed E-state index contributed by atoms with van der Waals surface area (Å²) in [6, 6.07) is 12.0. The molecule has 108 valence electrons. The van der Waals surface area contributed by atoms with Crippen LogP contribution in [0.25, 0.3) is 0 Å². The molecule has 2 rings (SSSR count). The summed E-state index contributed by atoms with van der Waals surface area (Å²) in [5.41, 5.74) is 1.19. The molecule has 0 aliphatic rings. The van der Waals surface area contributed by atoms with Crippen molar-refractivity contribution in [3.05, 3.63) is 64.4 Å². The minimum Gasteiger partial charge on any atom is -0.489 e. The molecule has 2 aromatic rings. The second-order valence-electron chi connectivity index (χ2n) is 4.30. The van der Waals surface area contributed by atoms with Crippen LogP contribution in [0.3, 0.4) is 0 Å². The maximum atomic E-state index is 13.7. The lowest BCUT2D eigenvalue weighted by atomic mass is 10.2. The van der Waals surface area contributed by atoms with E-state index in [9.17, 15) is 4.39 Å². The zero-order valence-electron chi connectivity index (χ0n) is 11.3. The molecule has 21 heavy (non-hydrogen) atoms. The van der Waals surface area contributed by atoms with Gasteiger partial charge >= 0.3 is 0 Å². The van der Waals surface area contributed by atoms with E-state index in [1.807, 2.05) is 12.1 Å². The molecule has 0 fully saturated rings. The zero-order chi connectivity index (χ0) is 15.1. The van der Waals surface area contributed by atoms with Crippen molar-refractivity contribution >= 4 is 11.6 Å². The molecule has 0 aromatic heterocycles. The number of aliphatic hydroxyl groups excluding tert-OH is 1. The lowest BCUT2D eigenvalue weighted by molar-refractivity contribution is 0.300. The molecule has 0 heterocycles. The van der Waals surface area contributed by atoms with Crippen LogP contribution in [0.4, 0.5) is 4.39 Å². The van der Waals surface area contributed by atoms with Crippen molar-refractivity contribution in [3.63, 3.8) is 0 Å². The van der Waals surface area contributed by atoms with E-state index in [-0.39, 0.29) is 18.2 Å². The predicted molar refractivity (Wildman–Crippen MR) is 80.8 cm³/mol. The van der Waals surface area contributed by atoms with E-state index in [2.05, 4.69) is 11.8 Å². The average molecular weight is 305 g/mol. The monoisotopic (exact) mass is 304 g/mol. The van der Waals surface area contributed by atoms with Gasteiger partial charge in [0.2, 0.25) is 0 Å². The SMILES string of the molecule is OCCC#Cc1cccc(OCc2cccc(Cl)c2F)c1. The zero-order valence-corrected chi connectivity index (χ0v) is 12.0. The third kappa shape index (κ3) is 4.49. The predicted octanol–water partition coefficient (Wildman–Crippen LogP) is 3.79. The Kier molecular flexibility index (Phi) is 5.62. The molecule has 1 N–H and O–H groups in total. The number of aliphatic hydroxyl groups is 1. The Balaban J connectivity index is 2.05. The van der Waals surface area contributed by atoms with Gasteiger partial charge in [-0.05, 0) is 24.3 Å². The van der Waals surface area contributed by atoms with E-state index < -0.39 is 5.82 Å². The standard InChI is InChI=1S/C17H14ClFO2/c18-16-9-4-7-14(17(16)19)12-21-15-8-3-6-13(11-15)5-1-2-10-20/h3-4,6-9,11,20H,2,10,12H2. The Morgan fingerprint density at radius 2 is 2.00 bits per heavy atom. The first-order valence-corrected chi connectivity index (χ1v) is 6.84. The summed E-state index contributed by atoms with van der Waals surface area (Å²) >= 11 is 5.72. The first kappa shape index (κ1) is 15.4. The quantitative estimate of drug-likeness (QED) is 0.871. The summed E-state index contributed by atoms with van der Waals surface area (Å²) in [5, 5.41) is 8.77. The highest BCUT2D eigenvalue weighted by Crippen LogP contribution is 2.20. The molecule has 0 aliphatic carbocycles. The summed E-state index contributed by atoms with van der Waals surface area (Å²) in [7, 11) is 0. The number of ether oxygens (including phenoxy) is 1. The van der Waals surface area contributed by atoms with Gasteiger partial charge in [0, 0.05) is 17.5 Å². The molecule has 0 spiro atoms. The number of benzene rings is 2. The van der Waals surface area contributed by atoms with Crippen LogP contribution in [0.15, 0.2) is 42.5 Å². The largest absolute Gasteiger partial charge is 0.489 e. The van der Waals surface area contributed by atoms with E-state index in [1.54, 1.807) is 24.3 Å². The summed E-state index contributed by atoms with van der Waals surface area (Å²) < 4.78 is 19.3. The normalized spacial score (nSPS) is 9.86. The van der Waals surface area contributed by atoms with E-state index in [0.717, 1.165) is 5.56 Å². The molecular formula is C17H14ClFO2. The summed E-state index contributed by atoms with van der Waals surface area (Å²) in [6.07, 6.45) is 0.429. The van der Waals surface area contributed by atoms with E-state index >= 15 is 0 Å². The van der Waals surface area contributed by atoms with Crippen molar-refractivity contribution in [1.29, 1.82) is 0 Å². The van der Waals surface area contributed by atoms with Crippen LogP contribution in [0.1, 0.15) is 17.5 Å². The van der Waals surface area contributed by atoms with E-state index in [1.165, 1.54) is 6.07 Å². The van der Waals surface area contributed by atoms with Gasteiger partial charge in [-0.2, -0.15) is 0 Å². The molecule has 2 aromatic carbocycles. The fraction of sp³-hybridized carbons (Fsp3) is 0.176. The highest BCUT2D eigenvalue weighted by molar-refractivity contribution is 6.30. The smallest absolute Gasteiger partial charge is 0.148 e. The van der Waals surface area contributed by atoms with Crippen molar-refractivity contribution in [1.82, 2.24) is 0 Å². The summed E-state index contributed by atoms with van der Waals surface area (Å²) in [4.78, 5) is 0. The van der Waals surface area contributed by atoms with Gasteiger partial charge in [-0.3, -0.25) is 0 Å². The fourth-order valence-electron chi connectivity index (χ4n) is 1.71. The van der Waals surface area contributed by atoms with Crippen LogP contribution in [0.2, 0.25) is 5.02 Å².